The van der Waals surface area contributed by atoms with Crippen LogP contribution in [0.15, 0.2) is 42.5 Å². The summed E-state index contributed by atoms with van der Waals surface area (Å²) in [6.45, 7) is 0. The molecular formula is C16H13ClFN5O2. The van der Waals surface area contributed by atoms with Crippen LogP contribution in [0.1, 0.15) is 0 Å². The van der Waals surface area contributed by atoms with Crippen LogP contribution in [0.3, 0.4) is 0 Å². The maximum absolute atomic E-state index is 13.1. The lowest BCUT2D eigenvalue weighted by Gasteiger charge is -2.18. The summed E-state index contributed by atoms with van der Waals surface area (Å²) in [7, 11) is 3.53. The average molecular weight is 362 g/mol. The zero-order chi connectivity index (χ0) is 18.1. The van der Waals surface area contributed by atoms with Gasteiger partial charge in [0.2, 0.25) is 5.95 Å². The monoisotopic (exact) mass is 361 g/mol. The van der Waals surface area contributed by atoms with E-state index in [9.17, 15) is 14.5 Å². The Morgan fingerprint density at radius 1 is 1.20 bits per heavy atom. The predicted octanol–water partition coefficient (Wildman–Crippen LogP) is 3.95. The van der Waals surface area contributed by atoms with Crippen molar-refractivity contribution < 1.29 is 9.31 Å². The fourth-order valence-electron chi connectivity index (χ4n) is 2.43. The molecule has 0 N–H and O–H groups in total. The number of hydrogen-bond donors (Lipinski definition) is 0. The van der Waals surface area contributed by atoms with Crippen LogP contribution in [-0.4, -0.2) is 26.7 Å². The smallest absolute Gasteiger partial charge is 0.270 e. The molecule has 0 saturated carbocycles. The van der Waals surface area contributed by atoms with Crippen molar-refractivity contribution in [1.82, 2.24) is 14.8 Å². The Bertz CT molecular complexity index is 942. The molecule has 0 aliphatic heterocycles. The zero-order valence-electron chi connectivity index (χ0n) is 13.3. The van der Waals surface area contributed by atoms with Crippen molar-refractivity contribution in [1.29, 1.82) is 0 Å². The quantitative estimate of drug-likeness (QED) is 0.519. The van der Waals surface area contributed by atoms with Crippen molar-refractivity contribution in [2.45, 2.75) is 0 Å². The minimum atomic E-state index is -0.514. The Morgan fingerprint density at radius 3 is 2.48 bits per heavy atom. The van der Waals surface area contributed by atoms with Gasteiger partial charge in [0.15, 0.2) is 5.82 Å². The SMILES string of the molecule is CN(c1ccc(F)cc1)c1nnc(-c2ccc([N+](=O)[O-])cc2Cl)n1C. The summed E-state index contributed by atoms with van der Waals surface area (Å²) >= 11 is 6.16. The van der Waals surface area contributed by atoms with Gasteiger partial charge in [0, 0.05) is 37.5 Å². The van der Waals surface area contributed by atoms with Crippen LogP contribution in [0, 0.1) is 15.9 Å². The number of nitro groups is 1. The molecule has 0 aliphatic carbocycles. The van der Waals surface area contributed by atoms with Crippen molar-refractivity contribution in [2.75, 3.05) is 11.9 Å². The van der Waals surface area contributed by atoms with Crippen LogP contribution in [0.4, 0.5) is 21.7 Å². The number of rotatable bonds is 4. The summed E-state index contributed by atoms with van der Waals surface area (Å²) < 4.78 is 14.8. The maximum atomic E-state index is 13.1. The molecule has 3 aromatic rings. The molecule has 2 aromatic carbocycles. The van der Waals surface area contributed by atoms with Crippen LogP contribution < -0.4 is 4.90 Å². The third-order valence-electron chi connectivity index (χ3n) is 3.77. The second-order valence-corrected chi connectivity index (χ2v) is 5.75. The van der Waals surface area contributed by atoms with Crippen molar-refractivity contribution in [3.8, 4) is 11.4 Å². The first-order valence-corrected chi connectivity index (χ1v) is 7.59. The van der Waals surface area contributed by atoms with E-state index in [4.69, 9.17) is 11.6 Å². The third-order valence-corrected chi connectivity index (χ3v) is 4.08. The Balaban J connectivity index is 1.99. The van der Waals surface area contributed by atoms with Gasteiger partial charge in [-0.25, -0.2) is 4.39 Å². The molecule has 128 valence electrons. The Kier molecular flexibility index (Phi) is 4.37. The van der Waals surface area contributed by atoms with Gasteiger partial charge in [0.1, 0.15) is 5.82 Å². The fraction of sp³-hybridized carbons (Fsp3) is 0.125. The number of halogens is 2. The molecule has 0 spiro atoms. The molecule has 1 aromatic heterocycles. The summed E-state index contributed by atoms with van der Waals surface area (Å²) in [5.74, 6) is 0.647. The number of anilines is 2. The van der Waals surface area contributed by atoms with Gasteiger partial charge in [0.05, 0.1) is 9.95 Å². The van der Waals surface area contributed by atoms with Crippen molar-refractivity contribution in [3.05, 3.63) is 63.4 Å². The number of nitro benzene ring substituents is 1. The highest BCUT2D eigenvalue weighted by Gasteiger charge is 2.19. The second kappa shape index (κ2) is 6.48. The molecule has 1 heterocycles. The van der Waals surface area contributed by atoms with Crippen LogP contribution >= 0.6 is 11.6 Å². The Morgan fingerprint density at radius 2 is 1.88 bits per heavy atom. The predicted molar refractivity (Wildman–Crippen MR) is 92.6 cm³/mol. The molecule has 0 saturated heterocycles. The van der Waals surface area contributed by atoms with Gasteiger partial charge in [-0.3, -0.25) is 14.7 Å². The summed E-state index contributed by atoms with van der Waals surface area (Å²) in [6, 6.07) is 10.1. The highest BCUT2D eigenvalue weighted by molar-refractivity contribution is 6.33. The molecule has 0 atom stereocenters. The van der Waals surface area contributed by atoms with Crippen LogP contribution in [-0.2, 0) is 7.05 Å². The van der Waals surface area contributed by atoms with Gasteiger partial charge in [0.25, 0.3) is 5.69 Å². The highest BCUT2D eigenvalue weighted by Crippen LogP contribution is 2.32. The highest BCUT2D eigenvalue weighted by atomic mass is 35.5. The molecule has 0 amide bonds. The maximum Gasteiger partial charge on any atom is 0.270 e. The molecule has 0 radical (unpaired) electrons. The van der Waals surface area contributed by atoms with E-state index >= 15 is 0 Å². The van der Waals surface area contributed by atoms with Gasteiger partial charge in [-0.2, -0.15) is 0 Å². The lowest BCUT2D eigenvalue weighted by Crippen LogP contribution is -2.14. The zero-order valence-corrected chi connectivity index (χ0v) is 14.1. The van der Waals surface area contributed by atoms with E-state index in [1.165, 1.54) is 30.3 Å². The molecule has 7 nitrogen and oxygen atoms in total. The number of aromatic nitrogens is 3. The summed E-state index contributed by atoms with van der Waals surface area (Å²) in [5, 5.41) is 19.3. The lowest BCUT2D eigenvalue weighted by atomic mass is 10.2. The number of non-ortho nitro benzene ring substituents is 1. The molecule has 0 unspecified atom stereocenters. The summed E-state index contributed by atoms with van der Waals surface area (Å²) in [5.41, 5.74) is 1.17. The first kappa shape index (κ1) is 16.8. The first-order valence-electron chi connectivity index (χ1n) is 7.21. The number of hydrogen-bond acceptors (Lipinski definition) is 5. The topological polar surface area (TPSA) is 77.1 Å². The molecule has 0 aliphatic rings. The average Bonchev–Trinajstić information content (AvgIpc) is 2.96. The fourth-order valence-corrected chi connectivity index (χ4v) is 2.69. The van der Waals surface area contributed by atoms with Gasteiger partial charge in [-0.1, -0.05) is 11.6 Å². The van der Waals surface area contributed by atoms with E-state index in [0.717, 1.165) is 5.69 Å². The van der Waals surface area contributed by atoms with Crippen molar-refractivity contribution in [3.63, 3.8) is 0 Å². The third kappa shape index (κ3) is 3.16. The first-order chi connectivity index (χ1) is 11.9. The number of nitrogens with zero attached hydrogens (tertiary/aromatic N) is 5. The van der Waals surface area contributed by atoms with Crippen LogP contribution in [0.25, 0.3) is 11.4 Å². The minimum Gasteiger partial charge on any atom is -0.314 e. The Labute approximate surface area is 147 Å². The largest absolute Gasteiger partial charge is 0.314 e. The lowest BCUT2D eigenvalue weighted by molar-refractivity contribution is -0.384. The van der Waals surface area contributed by atoms with Gasteiger partial charge in [-0.15, -0.1) is 10.2 Å². The van der Waals surface area contributed by atoms with E-state index in [2.05, 4.69) is 10.2 Å². The second-order valence-electron chi connectivity index (χ2n) is 5.34. The van der Waals surface area contributed by atoms with E-state index in [1.807, 2.05) is 0 Å². The van der Waals surface area contributed by atoms with E-state index < -0.39 is 4.92 Å². The van der Waals surface area contributed by atoms with Gasteiger partial charge < -0.3 is 4.90 Å². The molecule has 3 rings (SSSR count). The van der Waals surface area contributed by atoms with Gasteiger partial charge in [-0.05, 0) is 30.3 Å². The summed E-state index contributed by atoms with van der Waals surface area (Å²) in [4.78, 5) is 12.1. The number of benzene rings is 2. The van der Waals surface area contributed by atoms with Gasteiger partial charge >= 0.3 is 0 Å². The van der Waals surface area contributed by atoms with Crippen LogP contribution in [0.2, 0.25) is 5.02 Å². The molecule has 0 bridgehead atoms. The Hall–Kier alpha value is -3.00. The van der Waals surface area contributed by atoms with E-state index in [1.54, 1.807) is 35.7 Å². The molecular weight excluding hydrogens is 349 g/mol. The van der Waals surface area contributed by atoms with E-state index in [0.29, 0.717) is 17.3 Å². The molecule has 0 fully saturated rings. The van der Waals surface area contributed by atoms with Crippen LogP contribution in [0.5, 0.6) is 0 Å². The molecule has 9 heteroatoms. The van der Waals surface area contributed by atoms with Crippen molar-refractivity contribution >= 4 is 28.9 Å². The van der Waals surface area contributed by atoms with Crippen molar-refractivity contribution in [2.24, 2.45) is 7.05 Å². The minimum absolute atomic E-state index is 0.0976. The summed E-state index contributed by atoms with van der Waals surface area (Å²) in [6.07, 6.45) is 0. The molecule has 25 heavy (non-hydrogen) atoms. The standard InChI is InChI=1S/C16H13ClFN5O2/c1-21(11-5-3-10(18)4-6-11)16-20-19-15(22(16)2)13-8-7-12(23(24)25)9-14(13)17/h3-9H,1-2H3. The van der Waals surface area contributed by atoms with E-state index in [-0.39, 0.29) is 16.5 Å². The normalized spacial score (nSPS) is 10.7.